The van der Waals surface area contributed by atoms with Crippen molar-refractivity contribution in [2.75, 3.05) is 26.6 Å². The Morgan fingerprint density at radius 1 is 0.837 bits per heavy atom. The number of methoxy groups -OCH3 is 2. The molecule has 3 heterocycles. The SMILES string of the molecule is COc1ccc(C(OC[C@H]2O[C@@H](n3cnc4c(N)ncnc43)[C@@H](O[Si](C)(C)C(C)(C)C)[C@H]2O)(c2ccccc2)c2ccc(OC)cc2)cc1. The Labute approximate surface area is 288 Å². The number of rotatable bonds is 11. The minimum absolute atomic E-state index is 0.0196. The highest BCUT2D eigenvalue weighted by atomic mass is 28.4. The summed E-state index contributed by atoms with van der Waals surface area (Å²) in [5.41, 5.74) is 8.62. The second kappa shape index (κ2) is 13.5. The Morgan fingerprint density at radius 2 is 1.41 bits per heavy atom. The number of aliphatic hydroxyl groups is 1. The van der Waals surface area contributed by atoms with Crippen molar-refractivity contribution >= 4 is 25.3 Å². The van der Waals surface area contributed by atoms with E-state index in [0.29, 0.717) is 11.2 Å². The van der Waals surface area contributed by atoms with Gasteiger partial charge in [0, 0.05) is 0 Å². The summed E-state index contributed by atoms with van der Waals surface area (Å²) in [5.74, 6) is 1.71. The number of hydrogen-bond donors (Lipinski definition) is 2. The second-order valence-corrected chi connectivity index (χ2v) is 18.6. The normalized spacial score (nSPS) is 20.1. The number of aliphatic hydroxyl groups excluding tert-OH is 1. The Balaban J connectivity index is 1.43. The van der Waals surface area contributed by atoms with Crippen LogP contribution in [0.5, 0.6) is 11.5 Å². The molecule has 0 spiro atoms. The first kappa shape index (κ1) is 34.5. The first-order chi connectivity index (χ1) is 23.4. The topological polar surface area (TPSA) is 136 Å². The average molecular weight is 684 g/mol. The Morgan fingerprint density at radius 3 is 1.96 bits per heavy atom. The highest BCUT2D eigenvalue weighted by Crippen LogP contribution is 2.45. The lowest BCUT2D eigenvalue weighted by molar-refractivity contribution is -0.0940. The van der Waals surface area contributed by atoms with Crippen LogP contribution < -0.4 is 15.2 Å². The van der Waals surface area contributed by atoms with Crippen molar-refractivity contribution in [2.45, 2.75) is 69.0 Å². The maximum absolute atomic E-state index is 12.1. The third kappa shape index (κ3) is 6.42. The van der Waals surface area contributed by atoms with Gasteiger partial charge in [0.1, 0.15) is 47.3 Å². The van der Waals surface area contributed by atoms with E-state index in [0.717, 1.165) is 28.2 Å². The molecule has 0 amide bonds. The van der Waals surface area contributed by atoms with Crippen LogP contribution in [0.2, 0.25) is 18.1 Å². The lowest BCUT2D eigenvalue weighted by Gasteiger charge is -2.40. The van der Waals surface area contributed by atoms with Crippen molar-refractivity contribution < 1.29 is 28.5 Å². The van der Waals surface area contributed by atoms with Gasteiger partial charge in [-0.2, -0.15) is 0 Å². The van der Waals surface area contributed by atoms with Gasteiger partial charge in [-0.05, 0) is 59.1 Å². The van der Waals surface area contributed by atoms with Crippen LogP contribution in [0.3, 0.4) is 0 Å². The number of nitrogens with zero attached hydrogens (tertiary/aromatic N) is 4. The summed E-state index contributed by atoms with van der Waals surface area (Å²) in [6.45, 7) is 10.8. The van der Waals surface area contributed by atoms with Crippen LogP contribution in [0.25, 0.3) is 11.2 Å². The van der Waals surface area contributed by atoms with Gasteiger partial charge in [0.25, 0.3) is 0 Å². The van der Waals surface area contributed by atoms with Crippen molar-refractivity contribution in [2.24, 2.45) is 0 Å². The zero-order valence-corrected chi connectivity index (χ0v) is 30.0. The van der Waals surface area contributed by atoms with Gasteiger partial charge in [0.05, 0.1) is 27.2 Å². The zero-order valence-electron chi connectivity index (χ0n) is 29.0. The molecule has 0 aliphatic carbocycles. The molecule has 3 N–H and O–H groups in total. The van der Waals surface area contributed by atoms with Gasteiger partial charge >= 0.3 is 0 Å². The molecule has 0 bridgehead atoms. The second-order valence-electron chi connectivity index (χ2n) is 13.8. The quantitative estimate of drug-likeness (QED) is 0.125. The number of imidazole rings is 1. The van der Waals surface area contributed by atoms with Gasteiger partial charge in [-0.25, -0.2) is 15.0 Å². The summed E-state index contributed by atoms with van der Waals surface area (Å²) in [5, 5.41) is 12.0. The number of hydrogen-bond acceptors (Lipinski definition) is 10. The maximum atomic E-state index is 12.1. The van der Waals surface area contributed by atoms with Crippen LogP contribution in [-0.4, -0.2) is 72.1 Å². The van der Waals surface area contributed by atoms with E-state index < -0.39 is 38.5 Å². The first-order valence-corrected chi connectivity index (χ1v) is 19.2. The van der Waals surface area contributed by atoms with Gasteiger partial charge in [0.15, 0.2) is 26.0 Å². The van der Waals surface area contributed by atoms with Crippen LogP contribution in [-0.2, 0) is 19.5 Å². The molecule has 4 atom stereocenters. The molecular formula is C37H45N5O6Si. The van der Waals surface area contributed by atoms with Crippen LogP contribution >= 0.6 is 0 Å². The smallest absolute Gasteiger partial charge is 0.192 e. The van der Waals surface area contributed by atoms with Crippen molar-refractivity contribution in [1.82, 2.24) is 19.5 Å². The van der Waals surface area contributed by atoms with Crippen molar-refractivity contribution in [3.8, 4) is 11.5 Å². The zero-order chi connectivity index (χ0) is 35.0. The predicted molar refractivity (Wildman–Crippen MR) is 190 cm³/mol. The number of fused-ring (bicyclic) bond motifs is 1. The molecule has 12 heteroatoms. The third-order valence-electron chi connectivity index (χ3n) is 9.85. The van der Waals surface area contributed by atoms with Gasteiger partial charge in [-0.1, -0.05) is 75.4 Å². The van der Waals surface area contributed by atoms with Crippen LogP contribution in [0.4, 0.5) is 5.82 Å². The van der Waals surface area contributed by atoms with E-state index in [4.69, 9.17) is 29.1 Å². The van der Waals surface area contributed by atoms with Gasteiger partial charge in [-0.3, -0.25) is 4.57 Å². The molecule has 2 aromatic heterocycles. The summed E-state index contributed by atoms with van der Waals surface area (Å²) in [4.78, 5) is 13.0. The summed E-state index contributed by atoms with van der Waals surface area (Å²) < 4.78 is 33.5. The van der Waals surface area contributed by atoms with Crippen LogP contribution in [0, 0.1) is 0 Å². The molecule has 0 saturated carbocycles. The molecule has 1 aliphatic heterocycles. The predicted octanol–water partition coefficient (Wildman–Crippen LogP) is 6.08. The summed E-state index contributed by atoms with van der Waals surface area (Å²) in [6, 6.07) is 25.7. The summed E-state index contributed by atoms with van der Waals surface area (Å²) in [7, 11) is 0.874. The van der Waals surface area contributed by atoms with E-state index in [9.17, 15) is 5.11 Å². The Kier molecular flexibility index (Phi) is 9.53. The van der Waals surface area contributed by atoms with E-state index in [-0.39, 0.29) is 17.5 Å². The van der Waals surface area contributed by atoms with Gasteiger partial charge in [-0.15, -0.1) is 0 Å². The molecule has 0 radical (unpaired) electrons. The van der Waals surface area contributed by atoms with Gasteiger partial charge in [0.2, 0.25) is 0 Å². The van der Waals surface area contributed by atoms with E-state index in [1.165, 1.54) is 6.33 Å². The maximum Gasteiger partial charge on any atom is 0.192 e. The molecule has 6 rings (SSSR count). The average Bonchev–Trinajstić information content (AvgIpc) is 3.66. The molecule has 3 aromatic carbocycles. The highest BCUT2D eigenvalue weighted by molar-refractivity contribution is 6.74. The van der Waals surface area contributed by atoms with Gasteiger partial charge < -0.3 is 34.2 Å². The van der Waals surface area contributed by atoms with Crippen LogP contribution in [0.1, 0.15) is 43.7 Å². The van der Waals surface area contributed by atoms with Crippen LogP contribution in [0.15, 0.2) is 91.5 Å². The molecule has 1 aliphatic rings. The van der Waals surface area contributed by atoms with Crippen molar-refractivity contribution in [1.29, 1.82) is 0 Å². The fourth-order valence-corrected chi connectivity index (χ4v) is 7.35. The number of nitrogen functional groups attached to an aromatic ring is 1. The first-order valence-electron chi connectivity index (χ1n) is 16.3. The number of nitrogens with two attached hydrogens (primary N) is 1. The molecule has 1 fully saturated rings. The summed E-state index contributed by atoms with van der Waals surface area (Å²) in [6.07, 6.45) is -0.321. The fraction of sp³-hybridized carbons (Fsp3) is 0.378. The monoisotopic (exact) mass is 683 g/mol. The number of anilines is 1. The Bertz CT molecular complexity index is 1810. The number of ether oxygens (including phenoxy) is 4. The number of aromatic nitrogens is 4. The number of benzene rings is 3. The Hall–Kier alpha value is -4.33. The lowest BCUT2D eigenvalue weighted by Crippen LogP contribution is -2.49. The lowest BCUT2D eigenvalue weighted by atomic mass is 9.80. The minimum atomic E-state index is -2.41. The minimum Gasteiger partial charge on any atom is -0.497 e. The van der Waals surface area contributed by atoms with Crippen molar-refractivity contribution in [3.05, 3.63) is 108 Å². The van der Waals surface area contributed by atoms with E-state index in [2.05, 4.69) is 48.8 Å². The molecule has 1 saturated heterocycles. The molecule has 5 aromatic rings. The third-order valence-corrected chi connectivity index (χ3v) is 14.3. The van der Waals surface area contributed by atoms with E-state index >= 15 is 0 Å². The summed E-state index contributed by atoms with van der Waals surface area (Å²) >= 11 is 0. The molecule has 11 nitrogen and oxygen atoms in total. The van der Waals surface area contributed by atoms with E-state index in [1.807, 2.05) is 78.9 Å². The highest BCUT2D eigenvalue weighted by Gasteiger charge is 2.52. The standard InChI is InChI=1S/C37H45N5O6Si/c1-36(2,3)49(6,7)48-32-31(43)29(47-35(32)42-23-41-30-33(38)39-22-40-34(30)42)21-46-37(24-11-9-8-10-12-24,25-13-17-27(44-4)18-14-25)26-15-19-28(45-5)20-16-26/h8-20,22-23,29,31-32,35,43H,21H2,1-7H3,(H2,38,39,40)/t29-,31+,32+,35-/m1/s1. The molecule has 258 valence electrons. The molecule has 49 heavy (non-hydrogen) atoms. The largest absolute Gasteiger partial charge is 0.497 e. The molecule has 0 unspecified atom stereocenters. The molecular weight excluding hydrogens is 639 g/mol. The van der Waals surface area contributed by atoms with Crippen molar-refractivity contribution in [3.63, 3.8) is 0 Å². The van der Waals surface area contributed by atoms with E-state index in [1.54, 1.807) is 25.1 Å². The fourth-order valence-electron chi connectivity index (χ4n) is 6.06.